The number of piperidine rings is 1. The van der Waals surface area contributed by atoms with Gasteiger partial charge < -0.3 is 15.0 Å². The molecule has 0 radical (unpaired) electrons. The molecule has 124 valence electrons. The molecule has 1 heterocycles. The molecule has 1 aromatic carbocycles. The minimum atomic E-state index is -0.641. The predicted molar refractivity (Wildman–Crippen MR) is 85.2 cm³/mol. The molecule has 2 amide bonds. The molecule has 1 aromatic rings. The van der Waals surface area contributed by atoms with Crippen molar-refractivity contribution in [2.75, 3.05) is 26.2 Å². The Labute approximate surface area is 139 Å². The monoisotopic (exact) mass is 338 g/mol. The van der Waals surface area contributed by atoms with Crippen LogP contribution in [0.4, 0.5) is 0 Å². The van der Waals surface area contributed by atoms with Crippen molar-refractivity contribution >= 4 is 29.4 Å². The second-order valence-corrected chi connectivity index (χ2v) is 5.73. The first-order valence-electron chi connectivity index (χ1n) is 7.53. The lowest BCUT2D eigenvalue weighted by Gasteiger charge is -2.26. The molecule has 2 rings (SSSR count). The molecular weight excluding hydrogens is 320 g/mol. The fourth-order valence-electron chi connectivity index (χ4n) is 2.28. The summed E-state index contributed by atoms with van der Waals surface area (Å²) in [5.41, 5.74) is 0.395. The fourth-order valence-corrected chi connectivity index (χ4v) is 2.41. The number of esters is 1. The molecule has 1 saturated heterocycles. The quantitative estimate of drug-likeness (QED) is 0.828. The van der Waals surface area contributed by atoms with Crippen molar-refractivity contribution in [2.24, 2.45) is 0 Å². The van der Waals surface area contributed by atoms with Gasteiger partial charge in [0.05, 0.1) is 0 Å². The fraction of sp³-hybridized carbons (Fsp3) is 0.438. The average Bonchev–Trinajstić information content (AvgIpc) is 2.59. The van der Waals surface area contributed by atoms with Crippen LogP contribution in [0.15, 0.2) is 24.3 Å². The van der Waals surface area contributed by atoms with Crippen molar-refractivity contribution in [1.29, 1.82) is 0 Å². The van der Waals surface area contributed by atoms with Gasteiger partial charge in [-0.15, -0.1) is 0 Å². The van der Waals surface area contributed by atoms with E-state index in [0.29, 0.717) is 23.7 Å². The van der Waals surface area contributed by atoms with Crippen LogP contribution in [0, 0.1) is 0 Å². The SMILES string of the molecule is O=C(CNC(=O)c1ccc(Cl)cc1)OCC(=O)N1CCCCC1. The van der Waals surface area contributed by atoms with Crippen LogP contribution >= 0.6 is 11.6 Å². The number of benzene rings is 1. The first-order chi connectivity index (χ1) is 11.1. The Hall–Kier alpha value is -2.08. The molecule has 0 saturated carbocycles. The van der Waals surface area contributed by atoms with E-state index in [9.17, 15) is 14.4 Å². The summed E-state index contributed by atoms with van der Waals surface area (Å²) in [6.45, 7) is 0.859. The standard InChI is InChI=1S/C16H19ClN2O4/c17-13-6-4-12(5-7-13)16(22)18-10-15(21)23-11-14(20)19-8-2-1-3-9-19/h4-7H,1-3,8-11H2,(H,18,22). The summed E-state index contributed by atoms with van der Waals surface area (Å²) in [5.74, 6) is -1.24. The number of nitrogens with one attached hydrogen (secondary N) is 1. The number of halogens is 1. The van der Waals surface area contributed by atoms with Crippen molar-refractivity contribution in [3.63, 3.8) is 0 Å². The van der Waals surface area contributed by atoms with Gasteiger partial charge in [-0.3, -0.25) is 14.4 Å². The van der Waals surface area contributed by atoms with Gasteiger partial charge in [0.1, 0.15) is 6.54 Å². The highest BCUT2D eigenvalue weighted by Crippen LogP contribution is 2.09. The van der Waals surface area contributed by atoms with Crippen LogP contribution in [0.25, 0.3) is 0 Å². The Kier molecular flexibility index (Phi) is 6.40. The largest absolute Gasteiger partial charge is 0.454 e. The summed E-state index contributed by atoms with van der Waals surface area (Å²) >= 11 is 5.74. The number of hydrogen-bond acceptors (Lipinski definition) is 4. The maximum Gasteiger partial charge on any atom is 0.325 e. The van der Waals surface area contributed by atoms with Crippen LogP contribution in [0.1, 0.15) is 29.6 Å². The van der Waals surface area contributed by atoms with E-state index in [0.717, 1.165) is 19.3 Å². The molecule has 0 atom stereocenters. The van der Waals surface area contributed by atoms with Gasteiger partial charge in [0.2, 0.25) is 0 Å². The Balaban J connectivity index is 1.69. The maximum atomic E-state index is 11.8. The topological polar surface area (TPSA) is 75.7 Å². The number of rotatable bonds is 5. The number of nitrogens with zero attached hydrogens (tertiary/aromatic N) is 1. The number of likely N-dealkylation sites (tertiary alicyclic amines) is 1. The van der Waals surface area contributed by atoms with Gasteiger partial charge in [0, 0.05) is 23.7 Å². The van der Waals surface area contributed by atoms with Crippen LogP contribution in [0.3, 0.4) is 0 Å². The Morgan fingerprint density at radius 2 is 1.74 bits per heavy atom. The van der Waals surface area contributed by atoms with Crippen molar-refractivity contribution in [2.45, 2.75) is 19.3 Å². The van der Waals surface area contributed by atoms with Gasteiger partial charge in [-0.1, -0.05) is 11.6 Å². The van der Waals surface area contributed by atoms with Crippen molar-refractivity contribution < 1.29 is 19.1 Å². The second kappa shape index (κ2) is 8.53. The van der Waals surface area contributed by atoms with E-state index in [4.69, 9.17) is 16.3 Å². The molecule has 0 spiro atoms. The third-order valence-corrected chi connectivity index (χ3v) is 3.82. The third-order valence-electron chi connectivity index (χ3n) is 3.57. The van der Waals surface area contributed by atoms with Crippen molar-refractivity contribution in [1.82, 2.24) is 10.2 Å². The number of hydrogen-bond donors (Lipinski definition) is 1. The van der Waals surface area contributed by atoms with Gasteiger partial charge in [-0.2, -0.15) is 0 Å². The number of carbonyl (C=O) groups excluding carboxylic acids is 3. The minimum absolute atomic E-state index is 0.193. The summed E-state index contributed by atoms with van der Waals surface area (Å²) in [4.78, 5) is 36.9. The average molecular weight is 339 g/mol. The zero-order valence-electron chi connectivity index (χ0n) is 12.7. The maximum absolute atomic E-state index is 11.8. The molecule has 0 bridgehead atoms. The molecule has 0 aliphatic carbocycles. The zero-order chi connectivity index (χ0) is 16.7. The number of ether oxygens (including phenoxy) is 1. The number of amides is 2. The van der Waals surface area contributed by atoms with E-state index in [2.05, 4.69) is 5.32 Å². The molecule has 23 heavy (non-hydrogen) atoms. The van der Waals surface area contributed by atoms with E-state index >= 15 is 0 Å². The Bertz CT molecular complexity index is 568. The van der Waals surface area contributed by atoms with Gasteiger partial charge in [0.15, 0.2) is 6.61 Å². The van der Waals surface area contributed by atoms with Crippen LogP contribution in [-0.4, -0.2) is 48.9 Å². The lowest BCUT2D eigenvalue weighted by Crippen LogP contribution is -2.39. The highest BCUT2D eigenvalue weighted by Gasteiger charge is 2.18. The van der Waals surface area contributed by atoms with E-state index in [1.54, 1.807) is 29.2 Å². The molecule has 0 unspecified atom stereocenters. The predicted octanol–water partition coefficient (Wildman–Crippen LogP) is 1.63. The minimum Gasteiger partial charge on any atom is -0.454 e. The normalized spacial score (nSPS) is 14.2. The lowest BCUT2D eigenvalue weighted by atomic mass is 10.1. The highest BCUT2D eigenvalue weighted by molar-refractivity contribution is 6.30. The van der Waals surface area contributed by atoms with Crippen LogP contribution in [0.5, 0.6) is 0 Å². The van der Waals surface area contributed by atoms with E-state index in [1.807, 2.05) is 0 Å². The molecule has 0 aromatic heterocycles. The highest BCUT2D eigenvalue weighted by atomic mass is 35.5. The summed E-state index contributed by atoms with van der Waals surface area (Å²) in [6.07, 6.45) is 3.09. The van der Waals surface area contributed by atoms with E-state index in [1.165, 1.54) is 0 Å². The molecule has 1 N–H and O–H groups in total. The van der Waals surface area contributed by atoms with E-state index < -0.39 is 11.9 Å². The van der Waals surface area contributed by atoms with Crippen molar-refractivity contribution in [3.05, 3.63) is 34.9 Å². The number of carbonyl (C=O) groups is 3. The smallest absolute Gasteiger partial charge is 0.325 e. The molecule has 7 heteroatoms. The molecule has 1 aliphatic heterocycles. The first kappa shape index (κ1) is 17.3. The molecule has 6 nitrogen and oxygen atoms in total. The van der Waals surface area contributed by atoms with Crippen LogP contribution in [0.2, 0.25) is 5.02 Å². The van der Waals surface area contributed by atoms with Gasteiger partial charge in [0.25, 0.3) is 11.8 Å². The van der Waals surface area contributed by atoms with Crippen LogP contribution < -0.4 is 5.32 Å². The molecular formula is C16H19ClN2O4. The first-order valence-corrected chi connectivity index (χ1v) is 7.91. The van der Waals surface area contributed by atoms with Crippen LogP contribution in [-0.2, 0) is 14.3 Å². The second-order valence-electron chi connectivity index (χ2n) is 5.29. The summed E-state index contributed by atoms with van der Waals surface area (Å²) < 4.78 is 4.90. The Morgan fingerprint density at radius 1 is 1.09 bits per heavy atom. The van der Waals surface area contributed by atoms with Gasteiger partial charge in [-0.05, 0) is 43.5 Å². The third kappa shape index (κ3) is 5.56. The molecule has 1 fully saturated rings. The summed E-state index contributed by atoms with van der Waals surface area (Å²) in [5, 5.41) is 2.97. The summed E-state index contributed by atoms with van der Waals surface area (Å²) in [6, 6.07) is 6.30. The van der Waals surface area contributed by atoms with Crippen molar-refractivity contribution in [3.8, 4) is 0 Å². The summed E-state index contributed by atoms with van der Waals surface area (Å²) in [7, 11) is 0. The zero-order valence-corrected chi connectivity index (χ0v) is 13.5. The van der Waals surface area contributed by atoms with E-state index in [-0.39, 0.29) is 19.1 Å². The molecule has 1 aliphatic rings. The van der Waals surface area contributed by atoms with Gasteiger partial charge >= 0.3 is 5.97 Å². The lowest BCUT2D eigenvalue weighted by molar-refractivity contribution is -0.151. The Morgan fingerprint density at radius 3 is 2.39 bits per heavy atom. The van der Waals surface area contributed by atoms with Gasteiger partial charge in [-0.25, -0.2) is 0 Å².